The number of nitrogens with zero attached hydrogens (tertiary/aromatic N) is 3. The summed E-state index contributed by atoms with van der Waals surface area (Å²) in [6, 6.07) is 19.0. The van der Waals surface area contributed by atoms with Gasteiger partial charge in [0.1, 0.15) is 24.5 Å². The van der Waals surface area contributed by atoms with Crippen LogP contribution in [0.1, 0.15) is 24.1 Å². The van der Waals surface area contributed by atoms with Gasteiger partial charge in [0.25, 0.3) is 0 Å². The van der Waals surface area contributed by atoms with Gasteiger partial charge in [0.05, 0.1) is 18.5 Å². The molecule has 4 rings (SSSR count). The number of amides is 1. The van der Waals surface area contributed by atoms with Crippen LogP contribution in [0.3, 0.4) is 0 Å². The Kier molecular flexibility index (Phi) is 7.29. The lowest BCUT2D eigenvalue weighted by Gasteiger charge is -2.31. The molecule has 170 valence electrons. The minimum Gasteiger partial charge on any atom is -0.496 e. The highest BCUT2D eigenvalue weighted by Crippen LogP contribution is 2.28. The molecule has 0 unspecified atom stereocenters. The molecule has 2 aromatic carbocycles. The largest absolute Gasteiger partial charge is 0.496 e. The molecule has 1 atom stereocenters. The van der Waals surface area contributed by atoms with Gasteiger partial charge in [0.15, 0.2) is 0 Å². The van der Waals surface area contributed by atoms with E-state index < -0.39 is 0 Å². The van der Waals surface area contributed by atoms with Crippen molar-refractivity contribution < 1.29 is 19.1 Å². The molecule has 1 fully saturated rings. The first-order chi connectivity index (χ1) is 16.1. The van der Waals surface area contributed by atoms with Gasteiger partial charge in [-0.2, -0.15) is 0 Å². The van der Waals surface area contributed by atoms with Crippen molar-refractivity contribution in [3.8, 4) is 17.0 Å². The summed E-state index contributed by atoms with van der Waals surface area (Å²) in [7, 11) is 1.62. The molecule has 1 amide bonds. The van der Waals surface area contributed by atoms with Crippen LogP contribution in [0, 0.1) is 5.92 Å². The van der Waals surface area contributed by atoms with Crippen molar-refractivity contribution in [2.75, 3.05) is 20.2 Å². The van der Waals surface area contributed by atoms with Crippen LogP contribution in [0.4, 0.5) is 4.79 Å². The maximum atomic E-state index is 13.0. The van der Waals surface area contributed by atoms with Crippen LogP contribution in [-0.2, 0) is 22.6 Å². The number of ketones is 1. The molecule has 3 aromatic rings. The topological polar surface area (TPSA) is 81.6 Å². The first-order valence-electron chi connectivity index (χ1n) is 11.1. The third-order valence-electron chi connectivity index (χ3n) is 5.80. The number of aromatic nitrogens is 2. The lowest BCUT2D eigenvalue weighted by Crippen LogP contribution is -2.42. The molecule has 0 saturated carbocycles. The summed E-state index contributed by atoms with van der Waals surface area (Å²) in [5.74, 6) is 0.554. The average Bonchev–Trinajstić information content (AvgIpc) is 2.88. The highest BCUT2D eigenvalue weighted by atomic mass is 16.6. The summed E-state index contributed by atoms with van der Waals surface area (Å²) in [5.41, 5.74) is 3.14. The van der Waals surface area contributed by atoms with E-state index >= 15 is 0 Å². The monoisotopic (exact) mass is 445 g/mol. The van der Waals surface area contributed by atoms with Crippen molar-refractivity contribution in [3.63, 3.8) is 0 Å². The van der Waals surface area contributed by atoms with E-state index in [-0.39, 0.29) is 30.8 Å². The number of hydrogen-bond donors (Lipinski definition) is 0. The second-order valence-corrected chi connectivity index (χ2v) is 8.06. The molecule has 7 nitrogen and oxygen atoms in total. The van der Waals surface area contributed by atoms with E-state index in [2.05, 4.69) is 9.97 Å². The zero-order valence-electron chi connectivity index (χ0n) is 18.6. The van der Waals surface area contributed by atoms with E-state index in [4.69, 9.17) is 9.47 Å². The smallest absolute Gasteiger partial charge is 0.410 e. The van der Waals surface area contributed by atoms with E-state index in [1.807, 2.05) is 60.7 Å². The Balaban J connectivity index is 1.37. The van der Waals surface area contributed by atoms with Crippen molar-refractivity contribution in [2.45, 2.75) is 25.9 Å². The number of carbonyl (C=O) groups excluding carboxylic acids is 2. The number of ether oxygens (including phenoxy) is 2. The molecule has 0 spiro atoms. The Morgan fingerprint density at radius 3 is 2.67 bits per heavy atom. The van der Waals surface area contributed by atoms with Crippen LogP contribution in [0.5, 0.6) is 5.75 Å². The van der Waals surface area contributed by atoms with Gasteiger partial charge in [-0.05, 0) is 36.6 Å². The van der Waals surface area contributed by atoms with Crippen molar-refractivity contribution in [1.82, 2.24) is 14.9 Å². The molecule has 0 aliphatic carbocycles. The summed E-state index contributed by atoms with van der Waals surface area (Å²) in [6.07, 6.45) is 2.82. The fraction of sp³-hybridized carbons (Fsp3) is 0.308. The van der Waals surface area contributed by atoms with E-state index in [1.54, 1.807) is 12.0 Å². The van der Waals surface area contributed by atoms with E-state index in [1.165, 1.54) is 6.33 Å². The molecule has 0 bridgehead atoms. The lowest BCUT2D eigenvalue weighted by atomic mass is 9.91. The first-order valence-corrected chi connectivity index (χ1v) is 11.1. The Labute approximate surface area is 193 Å². The molecule has 0 N–H and O–H groups in total. The number of Topliss-reactive ketones (excluding diaryl/α,β-unsaturated/α-hetero) is 1. The zero-order valence-corrected chi connectivity index (χ0v) is 18.6. The summed E-state index contributed by atoms with van der Waals surface area (Å²) in [4.78, 5) is 35.8. The predicted octanol–water partition coefficient (Wildman–Crippen LogP) is 4.31. The average molecular weight is 446 g/mol. The highest BCUT2D eigenvalue weighted by Gasteiger charge is 2.29. The molecule has 7 heteroatoms. The van der Waals surface area contributed by atoms with Gasteiger partial charge < -0.3 is 14.4 Å². The molecule has 2 heterocycles. The quantitative estimate of drug-likeness (QED) is 0.539. The fourth-order valence-corrected chi connectivity index (χ4v) is 4.04. The van der Waals surface area contributed by atoms with Crippen LogP contribution in [-0.4, -0.2) is 46.9 Å². The summed E-state index contributed by atoms with van der Waals surface area (Å²) in [5, 5.41) is 0. The summed E-state index contributed by atoms with van der Waals surface area (Å²) in [6.45, 7) is 1.20. The number of hydrogen-bond acceptors (Lipinski definition) is 6. The Bertz CT molecular complexity index is 1100. The number of carbonyl (C=O) groups is 2. The van der Waals surface area contributed by atoms with Crippen LogP contribution in [0.2, 0.25) is 0 Å². The molecule has 1 aromatic heterocycles. The van der Waals surface area contributed by atoms with Crippen molar-refractivity contribution in [2.24, 2.45) is 5.92 Å². The van der Waals surface area contributed by atoms with Crippen molar-refractivity contribution in [3.05, 3.63) is 78.2 Å². The molecular formula is C26H27N3O4. The first kappa shape index (κ1) is 22.5. The number of methoxy groups -OCH3 is 1. The lowest BCUT2D eigenvalue weighted by molar-refractivity contribution is -0.123. The van der Waals surface area contributed by atoms with Crippen LogP contribution < -0.4 is 4.74 Å². The molecule has 1 saturated heterocycles. The van der Waals surface area contributed by atoms with Crippen molar-refractivity contribution >= 4 is 11.9 Å². The zero-order chi connectivity index (χ0) is 23.0. The van der Waals surface area contributed by atoms with Gasteiger partial charge in [0, 0.05) is 31.0 Å². The third-order valence-corrected chi connectivity index (χ3v) is 5.80. The fourth-order valence-electron chi connectivity index (χ4n) is 4.04. The van der Waals surface area contributed by atoms with Gasteiger partial charge in [-0.15, -0.1) is 0 Å². The van der Waals surface area contributed by atoms with E-state index in [9.17, 15) is 9.59 Å². The molecule has 33 heavy (non-hydrogen) atoms. The van der Waals surface area contributed by atoms with Crippen LogP contribution >= 0.6 is 0 Å². The van der Waals surface area contributed by atoms with Crippen molar-refractivity contribution in [1.29, 1.82) is 0 Å². The highest BCUT2D eigenvalue weighted by molar-refractivity contribution is 5.84. The predicted molar refractivity (Wildman–Crippen MR) is 124 cm³/mol. The minimum absolute atomic E-state index is 0.0697. The maximum Gasteiger partial charge on any atom is 0.410 e. The second kappa shape index (κ2) is 10.7. The van der Waals surface area contributed by atoms with Gasteiger partial charge in [-0.3, -0.25) is 4.79 Å². The summed E-state index contributed by atoms with van der Waals surface area (Å²) >= 11 is 0. The van der Waals surface area contributed by atoms with E-state index in [0.29, 0.717) is 30.2 Å². The Hall–Kier alpha value is -3.74. The van der Waals surface area contributed by atoms with Gasteiger partial charge in [-0.1, -0.05) is 42.5 Å². The molecule has 0 radical (unpaired) electrons. The summed E-state index contributed by atoms with van der Waals surface area (Å²) < 4.78 is 10.9. The van der Waals surface area contributed by atoms with Gasteiger partial charge in [-0.25, -0.2) is 14.8 Å². The standard InChI is InChI=1S/C26H27N3O4/c1-32-25-12-6-5-11-22(25)23-14-21(27-18-28-23)15-24(30)20-10-7-13-29(16-20)26(31)33-17-19-8-3-2-4-9-19/h2-6,8-9,11-12,14,18,20H,7,10,13,15-17H2,1H3/t20-/m0/s1. The SMILES string of the molecule is COc1ccccc1-c1cc(CC(=O)[C@H]2CCCN(C(=O)OCc3ccccc3)C2)ncn1. The minimum atomic E-state index is -0.378. The number of rotatable bonds is 7. The maximum absolute atomic E-state index is 13.0. The number of piperidine rings is 1. The van der Waals surface area contributed by atoms with Crippen LogP contribution in [0.15, 0.2) is 67.0 Å². The number of benzene rings is 2. The van der Waals surface area contributed by atoms with E-state index in [0.717, 1.165) is 24.0 Å². The van der Waals surface area contributed by atoms with Crippen LogP contribution in [0.25, 0.3) is 11.3 Å². The third kappa shape index (κ3) is 5.74. The molecular weight excluding hydrogens is 418 g/mol. The normalized spacial score (nSPS) is 15.7. The number of para-hydroxylation sites is 1. The molecule has 1 aliphatic heterocycles. The second-order valence-electron chi connectivity index (χ2n) is 8.06. The van der Waals surface area contributed by atoms with Gasteiger partial charge in [0.2, 0.25) is 0 Å². The van der Waals surface area contributed by atoms with Gasteiger partial charge >= 0.3 is 6.09 Å². The molecule has 1 aliphatic rings. The Morgan fingerprint density at radius 1 is 1.06 bits per heavy atom. The Morgan fingerprint density at radius 2 is 1.85 bits per heavy atom. The number of likely N-dealkylation sites (tertiary alicyclic amines) is 1.